The van der Waals surface area contributed by atoms with Gasteiger partial charge in [-0.3, -0.25) is 0 Å². The molecule has 0 aliphatic heterocycles. The van der Waals surface area contributed by atoms with E-state index in [2.05, 4.69) is 13.8 Å². The fraction of sp³-hybridized carbons (Fsp3) is 1.00. The second kappa shape index (κ2) is 8.25. The Morgan fingerprint density at radius 2 is 1.50 bits per heavy atom. The molecule has 0 radical (unpaired) electrons. The number of hydrogen-bond acceptors (Lipinski definition) is 2. The van der Waals surface area contributed by atoms with E-state index < -0.39 is 6.29 Å². The molecular weight excluding hydrogens is 176 g/mol. The van der Waals surface area contributed by atoms with Crippen molar-refractivity contribution in [2.24, 2.45) is 11.8 Å². The van der Waals surface area contributed by atoms with E-state index in [4.69, 9.17) is 10.2 Å². The minimum Gasteiger partial charge on any atom is -0.368 e. The molecule has 0 aliphatic carbocycles. The highest BCUT2D eigenvalue weighted by Crippen LogP contribution is 2.23. The molecule has 0 heterocycles. The van der Waals surface area contributed by atoms with Gasteiger partial charge in [-0.2, -0.15) is 0 Å². The monoisotopic (exact) mass is 202 g/mol. The van der Waals surface area contributed by atoms with Crippen LogP contribution in [0.15, 0.2) is 0 Å². The van der Waals surface area contributed by atoms with Crippen LogP contribution in [-0.4, -0.2) is 16.5 Å². The molecule has 0 aromatic heterocycles. The maximum absolute atomic E-state index is 9.08. The summed E-state index contributed by atoms with van der Waals surface area (Å²) >= 11 is 0. The zero-order valence-electron chi connectivity index (χ0n) is 9.87. The van der Waals surface area contributed by atoms with E-state index in [1.54, 1.807) is 0 Å². The first kappa shape index (κ1) is 13.9. The Hall–Kier alpha value is -0.0800. The highest BCUT2D eigenvalue weighted by molar-refractivity contribution is 4.63. The van der Waals surface area contributed by atoms with Crippen molar-refractivity contribution in [3.8, 4) is 0 Å². The Kier molecular flexibility index (Phi) is 8.20. The maximum Gasteiger partial charge on any atom is 0.154 e. The van der Waals surface area contributed by atoms with Gasteiger partial charge in [0, 0.05) is 5.92 Å². The molecule has 0 fully saturated rings. The van der Waals surface area contributed by atoms with Crippen molar-refractivity contribution in [2.75, 3.05) is 0 Å². The topological polar surface area (TPSA) is 40.5 Å². The van der Waals surface area contributed by atoms with E-state index in [0.717, 1.165) is 25.2 Å². The third kappa shape index (κ3) is 5.61. The molecule has 0 rings (SSSR count). The molecule has 2 nitrogen and oxygen atoms in total. The largest absolute Gasteiger partial charge is 0.368 e. The molecule has 0 saturated carbocycles. The second-order valence-corrected chi connectivity index (χ2v) is 4.22. The summed E-state index contributed by atoms with van der Waals surface area (Å²) in [6.45, 7) is 6.45. The number of hydrogen-bond donors (Lipinski definition) is 2. The van der Waals surface area contributed by atoms with Gasteiger partial charge in [-0.1, -0.05) is 46.5 Å². The van der Waals surface area contributed by atoms with Crippen molar-refractivity contribution in [1.29, 1.82) is 0 Å². The van der Waals surface area contributed by atoms with Gasteiger partial charge in [0.1, 0.15) is 0 Å². The van der Waals surface area contributed by atoms with Gasteiger partial charge in [-0.05, 0) is 18.8 Å². The van der Waals surface area contributed by atoms with Crippen LogP contribution in [0.2, 0.25) is 0 Å². The van der Waals surface area contributed by atoms with Crippen LogP contribution in [0.1, 0.15) is 59.3 Å². The van der Waals surface area contributed by atoms with E-state index in [9.17, 15) is 0 Å². The molecule has 0 amide bonds. The molecule has 2 heteroatoms. The van der Waals surface area contributed by atoms with Crippen LogP contribution in [0.4, 0.5) is 0 Å². The van der Waals surface area contributed by atoms with Crippen LogP contribution < -0.4 is 0 Å². The van der Waals surface area contributed by atoms with Crippen LogP contribution >= 0.6 is 0 Å². The van der Waals surface area contributed by atoms with Crippen molar-refractivity contribution in [1.82, 2.24) is 0 Å². The van der Waals surface area contributed by atoms with Gasteiger partial charge in [0.25, 0.3) is 0 Å². The van der Waals surface area contributed by atoms with E-state index in [-0.39, 0.29) is 5.92 Å². The molecule has 2 unspecified atom stereocenters. The first-order valence-electron chi connectivity index (χ1n) is 6.01. The standard InChI is InChI=1S/C12H26O2/c1-4-7-10(5-2)8-9-11(6-3)12(13)14/h10-14H,4-9H2,1-3H3. The lowest BCUT2D eigenvalue weighted by atomic mass is 9.89. The van der Waals surface area contributed by atoms with Gasteiger partial charge in [-0.25, -0.2) is 0 Å². The number of aliphatic hydroxyl groups is 2. The Morgan fingerprint density at radius 3 is 1.86 bits per heavy atom. The van der Waals surface area contributed by atoms with Gasteiger partial charge in [0.2, 0.25) is 0 Å². The van der Waals surface area contributed by atoms with Gasteiger partial charge in [-0.15, -0.1) is 0 Å². The highest BCUT2D eigenvalue weighted by Gasteiger charge is 2.16. The predicted octanol–water partition coefficient (Wildman–Crippen LogP) is 2.93. The molecule has 2 atom stereocenters. The zero-order chi connectivity index (χ0) is 11.0. The summed E-state index contributed by atoms with van der Waals surface area (Å²) in [5.74, 6) is 0.841. The highest BCUT2D eigenvalue weighted by atomic mass is 16.5. The second-order valence-electron chi connectivity index (χ2n) is 4.22. The molecule has 0 aromatic carbocycles. The normalized spacial score (nSPS) is 15.9. The third-order valence-electron chi connectivity index (χ3n) is 3.17. The van der Waals surface area contributed by atoms with Crippen LogP contribution in [0.25, 0.3) is 0 Å². The molecule has 2 N–H and O–H groups in total. The molecule has 86 valence electrons. The number of rotatable bonds is 8. The lowest BCUT2D eigenvalue weighted by molar-refractivity contribution is -0.0879. The third-order valence-corrected chi connectivity index (χ3v) is 3.17. The molecule has 0 spiro atoms. The Balaban J connectivity index is 3.75. The molecule has 0 aliphatic rings. The first-order chi connectivity index (χ1) is 6.65. The summed E-state index contributed by atoms with van der Waals surface area (Å²) in [5, 5.41) is 18.2. The quantitative estimate of drug-likeness (QED) is 0.594. The maximum atomic E-state index is 9.08. The Labute approximate surface area is 88.3 Å². The zero-order valence-corrected chi connectivity index (χ0v) is 9.87. The Morgan fingerprint density at radius 1 is 0.857 bits per heavy atom. The summed E-state index contributed by atoms with van der Waals surface area (Å²) < 4.78 is 0. The van der Waals surface area contributed by atoms with Gasteiger partial charge >= 0.3 is 0 Å². The summed E-state index contributed by atoms with van der Waals surface area (Å²) in [4.78, 5) is 0. The molecular formula is C12H26O2. The van der Waals surface area contributed by atoms with Crippen molar-refractivity contribution < 1.29 is 10.2 Å². The molecule has 0 aromatic rings. The summed E-state index contributed by atoms with van der Waals surface area (Å²) in [5.41, 5.74) is 0. The minimum atomic E-state index is -1.13. The van der Waals surface area contributed by atoms with E-state index in [0.29, 0.717) is 0 Å². The smallest absolute Gasteiger partial charge is 0.154 e. The average Bonchev–Trinajstić information content (AvgIpc) is 2.16. The lowest BCUT2D eigenvalue weighted by Crippen LogP contribution is -2.19. The van der Waals surface area contributed by atoms with Crippen molar-refractivity contribution >= 4 is 0 Å². The van der Waals surface area contributed by atoms with Crippen LogP contribution in [0.5, 0.6) is 0 Å². The van der Waals surface area contributed by atoms with Crippen LogP contribution in [0.3, 0.4) is 0 Å². The minimum absolute atomic E-state index is 0.0703. The van der Waals surface area contributed by atoms with Gasteiger partial charge in [0.05, 0.1) is 0 Å². The fourth-order valence-electron chi connectivity index (χ4n) is 1.97. The van der Waals surface area contributed by atoms with E-state index >= 15 is 0 Å². The summed E-state index contributed by atoms with van der Waals surface area (Å²) in [7, 11) is 0. The van der Waals surface area contributed by atoms with Gasteiger partial charge < -0.3 is 10.2 Å². The predicted molar refractivity (Wildman–Crippen MR) is 59.9 cm³/mol. The SMILES string of the molecule is CCCC(CC)CCC(CC)C(O)O. The van der Waals surface area contributed by atoms with Gasteiger partial charge in [0.15, 0.2) is 6.29 Å². The van der Waals surface area contributed by atoms with E-state index in [1.165, 1.54) is 19.3 Å². The first-order valence-corrected chi connectivity index (χ1v) is 6.01. The number of aliphatic hydroxyl groups excluding tert-OH is 1. The Bertz CT molecular complexity index is 123. The lowest BCUT2D eigenvalue weighted by Gasteiger charge is -2.20. The van der Waals surface area contributed by atoms with Crippen LogP contribution in [0, 0.1) is 11.8 Å². The summed E-state index contributed by atoms with van der Waals surface area (Å²) in [6, 6.07) is 0. The molecule has 0 saturated heterocycles. The fourth-order valence-corrected chi connectivity index (χ4v) is 1.97. The summed E-state index contributed by atoms with van der Waals surface area (Å²) in [6.07, 6.45) is 5.55. The van der Waals surface area contributed by atoms with Crippen molar-refractivity contribution in [2.45, 2.75) is 65.6 Å². The average molecular weight is 202 g/mol. The molecule has 14 heavy (non-hydrogen) atoms. The van der Waals surface area contributed by atoms with E-state index in [1.807, 2.05) is 6.92 Å². The van der Waals surface area contributed by atoms with Crippen molar-refractivity contribution in [3.63, 3.8) is 0 Å². The molecule has 0 bridgehead atoms. The van der Waals surface area contributed by atoms with Crippen LogP contribution in [-0.2, 0) is 0 Å². The van der Waals surface area contributed by atoms with Crippen molar-refractivity contribution in [3.05, 3.63) is 0 Å².